The molecule has 0 radical (unpaired) electrons. The lowest BCUT2D eigenvalue weighted by molar-refractivity contribution is -0.121. The SMILES string of the molecule is CC(c1cc(Cl)ccc1F)N1CCC(=O)CC1. The van der Waals surface area contributed by atoms with E-state index < -0.39 is 0 Å². The smallest absolute Gasteiger partial charge is 0.135 e. The van der Waals surface area contributed by atoms with Crippen molar-refractivity contribution in [1.82, 2.24) is 4.90 Å². The first kappa shape index (κ1) is 12.5. The molecule has 2 nitrogen and oxygen atoms in total. The van der Waals surface area contributed by atoms with Gasteiger partial charge in [-0.2, -0.15) is 0 Å². The molecule has 1 aromatic carbocycles. The number of likely N-dealkylation sites (tertiary alicyclic amines) is 1. The van der Waals surface area contributed by atoms with Gasteiger partial charge in [0, 0.05) is 42.6 Å². The standard InChI is InChI=1S/C13H15ClFNO/c1-9(16-6-4-11(17)5-7-16)12-8-10(14)2-3-13(12)15/h2-3,8-9H,4-7H2,1H3. The summed E-state index contributed by atoms with van der Waals surface area (Å²) >= 11 is 5.88. The minimum absolute atomic E-state index is 0.0400. The van der Waals surface area contributed by atoms with Gasteiger partial charge < -0.3 is 0 Å². The highest BCUT2D eigenvalue weighted by Crippen LogP contribution is 2.27. The van der Waals surface area contributed by atoms with Gasteiger partial charge in [-0.1, -0.05) is 11.6 Å². The quantitative estimate of drug-likeness (QED) is 0.809. The highest BCUT2D eigenvalue weighted by molar-refractivity contribution is 6.30. The molecular weight excluding hydrogens is 241 g/mol. The third-order valence-corrected chi connectivity index (χ3v) is 3.55. The first-order valence-corrected chi connectivity index (χ1v) is 6.16. The van der Waals surface area contributed by atoms with Gasteiger partial charge in [0.05, 0.1) is 0 Å². The zero-order valence-corrected chi connectivity index (χ0v) is 10.5. The van der Waals surface area contributed by atoms with Crippen molar-refractivity contribution in [2.45, 2.75) is 25.8 Å². The van der Waals surface area contributed by atoms with Crippen LogP contribution < -0.4 is 0 Å². The largest absolute Gasteiger partial charge is 0.300 e. The second-order valence-corrected chi connectivity index (χ2v) is 4.85. The van der Waals surface area contributed by atoms with Crippen LogP contribution in [0.3, 0.4) is 0 Å². The molecule has 2 rings (SSSR count). The number of hydrogen-bond acceptors (Lipinski definition) is 2. The molecule has 17 heavy (non-hydrogen) atoms. The maximum Gasteiger partial charge on any atom is 0.135 e. The van der Waals surface area contributed by atoms with Crippen molar-refractivity contribution in [2.24, 2.45) is 0 Å². The lowest BCUT2D eigenvalue weighted by atomic mass is 10.0. The van der Waals surface area contributed by atoms with Crippen LogP contribution in [-0.4, -0.2) is 23.8 Å². The van der Waals surface area contributed by atoms with Gasteiger partial charge in [-0.3, -0.25) is 9.69 Å². The van der Waals surface area contributed by atoms with Crippen molar-refractivity contribution in [3.05, 3.63) is 34.6 Å². The Balaban J connectivity index is 2.16. The van der Waals surface area contributed by atoms with Crippen molar-refractivity contribution in [2.75, 3.05) is 13.1 Å². The summed E-state index contributed by atoms with van der Waals surface area (Å²) in [6.07, 6.45) is 1.12. The zero-order valence-electron chi connectivity index (χ0n) is 9.75. The predicted octanol–water partition coefficient (Wildman–Crippen LogP) is 3.21. The Morgan fingerprint density at radius 1 is 1.35 bits per heavy atom. The fourth-order valence-electron chi connectivity index (χ4n) is 2.19. The Bertz CT molecular complexity index is 425. The Morgan fingerprint density at radius 3 is 2.65 bits per heavy atom. The van der Waals surface area contributed by atoms with Crippen molar-refractivity contribution >= 4 is 17.4 Å². The maximum atomic E-state index is 13.7. The molecule has 0 amide bonds. The van der Waals surface area contributed by atoms with Crippen LogP contribution in [0.15, 0.2) is 18.2 Å². The van der Waals surface area contributed by atoms with Crippen LogP contribution in [0, 0.1) is 5.82 Å². The number of halogens is 2. The number of rotatable bonds is 2. The summed E-state index contributed by atoms with van der Waals surface area (Å²) in [7, 11) is 0. The summed E-state index contributed by atoms with van der Waals surface area (Å²) in [5, 5.41) is 0.543. The van der Waals surface area contributed by atoms with Crippen LogP contribution in [0.25, 0.3) is 0 Å². The Morgan fingerprint density at radius 2 is 2.00 bits per heavy atom. The van der Waals surface area contributed by atoms with E-state index in [2.05, 4.69) is 4.90 Å². The molecule has 0 saturated carbocycles. The van der Waals surface area contributed by atoms with Gasteiger partial charge in [-0.25, -0.2) is 4.39 Å². The van der Waals surface area contributed by atoms with E-state index in [1.165, 1.54) is 6.07 Å². The van der Waals surface area contributed by atoms with Crippen LogP contribution in [0.5, 0.6) is 0 Å². The zero-order chi connectivity index (χ0) is 12.4. The molecule has 0 N–H and O–H groups in total. The Kier molecular flexibility index (Phi) is 3.79. The van der Waals surface area contributed by atoms with E-state index in [0.29, 0.717) is 42.3 Å². The Hall–Kier alpha value is -0.930. The van der Waals surface area contributed by atoms with E-state index >= 15 is 0 Å². The number of Topliss-reactive ketones (excluding diaryl/α,β-unsaturated/α-hetero) is 1. The van der Waals surface area contributed by atoms with E-state index in [1.807, 2.05) is 6.92 Å². The van der Waals surface area contributed by atoms with Crippen LogP contribution in [0.4, 0.5) is 4.39 Å². The monoisotopic (exact) mass is 255 g/mol. The van der Waals surface area contributed by atoms with E-state index in [9.17, 15) is 9.18 Å². The first-order valence-electron chi connectivity index (χ1n) is 5.78. The summed E-state index contributed by atoms with van der Waals surface area (Å²) in [5.74, 6) is 0.0545. The molecule has 0 aromatic heterocycles. The Labute approximate surface area is 105 Å². The minimum Gasteiger partial charge on any atom is -0.300 e. The number of ketones is 1. The van der Waals surface area contributed by atoms with Gasteiger partial charge in [0.15, 0.2) is 0 Å². The van der Waals surface area contributed by atoms with E-state index in [0.717, 1.165) is 0 Å². The molecule has 1 heterocycles. The van der Waals surface area contributed by atoms with Crippen molar-refractivity contribution in [1.29, 1.82) is 0 Å². The van der Waals surface area contributed by atoms with Crippen LogP contribution >= 0.6 is 11.6 Å². The first-order chi connectivity index (χ1) is 8.08. The summed E-state index contributed by atoms with van der Waals surface area (Å²) in [6, 6.07) is 4.57. The molecule has 1 unspecified atom stereocenters. The molecule has 1 fully saturated rings. The van der Waals surface area contributed by atoms with Gasteiger partial charge in [-0.15, -0.1) is 0 Å². The van der Waals surface area contributed by atoms with Gasteiger partial charge in [0.2, 0.25) is 0 Å². The van der Waals surface area contributed by atoms with E-state index in [1.54, 1.807) is 12.1 Å². The molecular formula is C13H15ClFNO. The lowest BCUT2D eigenvalue weighted by Gasteiger charge is -2.32. The number of piperidine rings is 1. The molecule has 0 spiro atoms. The second kappa shape index (κ2) is 5.15. The summed E-state index contributed by atoms with van der Waals surface area (Å²) < 4.78 is 13.7. The molecule has 1 aliphatic heterocycles. The third-order valence-electron chi connectivity index (χ3n) is 3.31. The van der Waals surface area contributed by atoms with Crippen LogP contribution in [0.1, 0.15) is 31.4 Å². The molecule has 0 bridgehead atoms. The number of hydrogen-bond donors (Lipinski definition) is 0. The van der Waals surface area contributed by atoms with Crippen molar-refractivity contribution in [3.63, 3.8) is 0 Å². The van der Waals surface area contributed by atoms with Crippen molar-refractivity contribution < 1.29 is 9.18 Å². The fraction of sp³-hybridized carbons (Fsp3) is 0.462. The van der Waals surface area contributed by atoms with E-state index in [4.69, 9.17) is 11.6 Å². The number of carbonyl (C=O) groups is 1. The van der Waals surface area contributed by atoms with E-state index in [-0.39, 0.29) is 11.9 Å². The lowest BCUT2D eigenvalue weighted by Crippen LogP contribution is -2.36. The highest BCUT2D eigenvalue weighted by Gasteiger charge is 2.23. The van der Waals surface area contributed by atoms with Crippen LogP contribution in [-0.2, 0) is 4.79 Å². The highest BCUT2D eigenvalue weighted by atomic mass is 35.5. The molecule has 92 valence electrons. The number of carbonyl (C=O) groups excluding carboxylic acids is 1. The molecule has 1 saturated heterocycles. The molecule has 1 aliphatic rings. The predicted molar refractivity (Wildman–Crippen MR) is 65.6 cm³/mol. The van der Waals surface area contributed by atoms with Gasteiger partial charge in [0.1, 0.15) is 11.6 Å². The summed E-state index contributed by atoms with van der Waals surface area (Å²) in [6.45, 7) is 3.35. The average molecular weight is 256 g/mol. The summed E-state index contributed by atoms with van der Waals surface area (Å²) in [5.41, 5.74) is 0.604. The summed E-state index contributed by atoms with van der Waals surface area (Å²) in [4.78, 5) is 13.3. The number of nitrogens with zero attached hydrogens (tertiary/aromatic N) is 1. The normalized spacial score (nSPS) is 19.4. The minimum atomic E-state index is -0.237. The van der Waals surface area contributed by atoms with Crippen molar-refractivity contribution in [3.8, 4) is 0 Å². The van der Waals surface area contributed by atoms with Crippen LogP contribution in [0.2, 0.25) is 5.02 Å². The molecule has 0 aliphatic carbocycles. The number of benzene rings is 1. The average Bonchev–Trinajstić information content (AvgIpc) is 2.32. The molecule has 1 aromatic rings. The fourth-order valence-corrected chi connectivity index (χ4v) is 2.37. The second-order valence-electron chi connectivity index (χ2n) is 4.42. The third kappa shape index (κ3) is 2.85. The molecule has 1 atom stereocenters. The maximum absolute atomic E-state index is 13.7. The topological polar surface area (TPSA) is 20.3 Å². The van der Waals surface area contributed by atoms with Gasteiger partial charge in [0.25, 0.3) is 0 Å². The van der Waals surface area contributed by atoms with Gasteiger partial charge >= 0.3 is 0 Å². The van der Waals surface area contributed by atoms with Gasteiger partial charge in [-0.05, 0) is 25.1 Å². The molecule has 4 heteroatoms.